The molecule has 1 rings (SSSR count). The van der Waals surface area contributed by atoms with Crippen LogP contribution in [0.4, 0.5) is 5.69 Å². The zero-order valence-corrected chi connectivity index (χ0v) is 11.0. The predicted octanol–water partition coefficient (Wildman–Crippen LogP) is 2.26. The molecule has 0 aromatic heterocycles. The van der Waals surface area contributed by atoms with Crippen molar-refractivity contribution < 1.29 is 14.6 Å². The molecule has 0 saturated heterocycles. The Balaban J connectivity index is 2.94. The predicted molar refractivity (Wildman–Crippen MR) is 71.3 cm³/mol. The second-order valence-electron chi connectivity index (χ2n) is 3.58. The topological polar surface area (TPSA) is 49.8 Å². The van der Waals surface area contributed by atoms with E-state index in [2.05, 4.69) is 11.8 Å². The summed E-state index contributed by atoms with van der Waals surface area (Å²) in [5.74, 6) is 5.14. The molecule has 0 amide bonds. The minimum atomic E-state index is -0.920. The van der Waals surface area contributed by atoms with Gasteiger partial charge < -0.3 is 14.7 Å². The Labute approximate surface area is 111 Å². The summed E-state index contributed by atoms with van der Waals surface area (Å²) in [4.78, 5) is 12.3. The van der Waals surface area contributed by atoms with Crippen molar-refractivity contribution in [3.8, 4) is 17.6 Å². The molecule has 0 unspecified atom stereocenters. The Morgan fingerprint density at radius 3 is 2.89 bits per heavy atom. The molecule has 0 bridgehead atoms. The lowest BCUT2D eigenvalue weighted by atomic mass is 10.2. The molecule has 0 fully saturated rings. The SMILES string of the molecule is CC#CCOc1ccc(Cl)cc1N(C)CC(=O)O. The lowest BCUT2D eigenvalue weighted by Gasteiger charge is -2.20. The first-order chi connectivity index (χ1) is 8.54. The van der Waals surface area contributed by atoms with Gasteiger partial charge in [0.15, 0.2) is 0 Å². The van der Waals surface area contributed by atoms with Crippen LogP contribution in [0.1, 0.15) is 6.92 Å². The van der Waals surface area contributed by atoms with Gasteiger partial charge in [-0.15, -0.1) is 5.92 Å². The van der Waals surface area contributed by atoms with Crippen molar-refractivity contribution in [1.29, 1.82) is 0 Å². The van der Waals surface area contributed by atoms with E-state index in [1.807, 2.05) is 0 Å². The molecule has 0 aliphatic carbocycles. The van der Waals surface area contributed by atoms with Gasteiger partial charge in [0.25, 0.3) is 0 Å². The molecule has 1 N–H and O–H groups in total. The smallest absolute Gasteiger partial charge is 0.323 e. The number of nitrogens with zero attached hydrogens (tertiary/aromatic N) is 1. The minimum absolute atomic E-state index is 0.129. The molecule has 0 radical (unpaired) electrons. The zero-order chi connectivity index (χ0) is 13.5. The molecule has 0 saturated carbocycles. The van der Waals surface area contributed by atoms with Gasteiger partial charge in [-0.3, -0.25) is 4.79 Å². The molecule has 0 spiro atoms. The number of carboxylic acids is 1. The maximum absolute atomic E-state index is 10.7. The van der Waals surface area contributed by atoms with Crippen LogP contribution < -0.4 is 9.64 Å². The second kappa shape index (κ2) is 6.77. The average Bonchev–Trinajstić information content (AvgIpc) is 2.30. The van der Waals surface area contributed by atoms with Crippen molar-refractivity contribution in [3.63, 3.8) is 0 Å². The van der Waals surface area contributed by atoms with Crippen LogP contribution in [-0.2, 0) is 4.79 Å². The number of carbonyl (C=O) groups is 1. The molecule has 0 aliphatic heterocycles. The fourth-order valence-corrected chi connectivity index (χ4v) is 1.55. The van der Waals surface area contributed by atoms with Gasteiger partial charge in [0, 0.05) is 12.1 Å². The summed E-state index contributed by atoms with van der Waals surface area (Å²) in [6.45, 7) is 1.85. The minimum Gasteiger partial charge on any atom is -0.480 e. The molecule has 18 heavy (non-hydrogen) atoms. The van der Waals surface area contributed by atoms with Crippen molar-refractivity contribution in [1.82, 2.24) is 0 Å². The van der Waals surface area contributed by atoms with E-state index >= 15 is 0 Å². The van der Waals surface area contributed by atoms with Crippen molar-refractivity contribution >= 4 is 23.3 Å². The fourth-order valence-electron chi connectivity index (χ4n) is 1.38. The summed E-state index contributed by atoms with van der Waals surface area (Å²) in [5, 5.41) is 9.31. The third-order valence-corrected chi connectivity index (χ3v) is 2.42. The summed E-state index contributed by atoms with van der Waals surface area (Å²) >= 11 is 5.90. The maximum atomic E-state index is 10.7. The van der Waals surface area contributed by atoms with E-state index in [1.165, 1.54) is 0 Å². The quantitative estimate of drug-likeness (QED) is 0.832. The van der Waals surface area contributed by atoms with E-state index in [-0.39, 0.29) is 13.2 Å². The van der Waals surface area contributed by atoms with Gasteiger partial charge in [-0.25, -0.2) is 0 Å². The molecule has 0 heterocycles. The molecule has 1 aromatic rings. The summed E-state index contributed by atoms with van der Waals surface area (Å²) in [7, 11) is 1.66. The van der Waals surface area contributed by atoms with Crippen molar-refractivity contribution in [2.45, 2.75) is 6.92 Å². The molecular formula is C13H14ClNO3. The number of ether oxygens (including phenoxy) is 1. The van der Waals surface area contributed by atoms with E-state index in [9.17, 15) is 4.79 Å². The first-order valence-electron chi connectivity index (χ1n) is 5.29. The summed E-state index contributed by atoms with van der Waals surface area (Å²) < 4.78 is 5.47. The average molecular weight is 268 g/mol. The van der Waals surface area contributed by atoms with E-state index in [0.29, 0.717) is 16.5 Å². The number of hydrogen-bond acceptors (Lipinski definition) is 3. The highest BCUT2D eigenvalue weighted by atomic mass is 35.5. The molecule has 1 aromatic carbocycles. The summed E-state index contributed by atoms with van der Waals surface area (Å²) in [6.07, 6.45) is 0. The molecule has 0 atom stereocenters. The second-order valence-corrected chi connectivity index (χ2v) is 4.01. The highest BCUT2D eigenvalue weighted by molar-refractivity contribution is 6.30. The van der Waals surface area contributed by atoms with Gasteiger partial charge in [0.05, 0.1) is 5.69 Å². The number of rotatable bonds is 5. The third-order valence-electron chi connectivity index (χ3n) is 2.18. The van der Waals surface area contributed by atoms with Crippen LogP contribution in [-0.4, -0.2) is 31.3 Å². The molecule has 0 aliphatic rings. The number of halogens is 1. The highest BCUT2D eigenvalue weighted by Gasteiger charge is 2.12. The Morgan fingerprint density at radius 1 is 1.56 bits per heavy atom. The molecule has 96 valence electrons. The van der Waals surface area contributed by atoms with Gasteiger partial charge in [0.1, 0.15) is 18.9 Å². The third kappa shape index (κ3) is 4.19. The van der Waals surface area contributed by atoms with E-state index < -0.39 is 5.97 Å². The Morgan fingerprint density at radius 2 is 2.28 bits per heavy atom. The van der Waals surface area contributed by atoms with Crippen LogP contribution in [0.2, 0.25) is 5.02 Å². The molecule has 5 heteroatoms. The largest absolute Gasteiger partial charge is 0.480 e. The van der Waals surface area contributed by atoms with Gasteiger partial charge in [-0.05, 0) is 25.1 Å². The van der Waals surface area contributed by atoms with Crippen molar-refractivity contribution in [2.75, 3.05) is 25.1 Å². The van der Waals surface area contributed by atoms with E-state index in [1.54, 1.807) is 37.1 Å². The number of benzene rings is 1. The van der Waals surface area contributed by atoms with Gasteiger partial charge >= 0.3 is 5.97 Å². The van der Waals surface area contributed by atoms with Crippen molar-refractivity contribution in [2.24, 2.45) is 0 Å². The first kappa shape index (κ1) is 14.2. The van der Waals surface area contributed by atoms with Crippen LogP contribution in [0.25, 0.3) is 0 Å². The Hall–Kier alpha value is -1.86. The monoisotopic (exact) mass is 267 g/mol. The normalized spacial score (nSPS) is 9.28. The lowest BCUT2D eigenvalue weighted by Crippen LogP contribution is -2.25. The zero-order valence-electron chi connectivity index (χ0n) is 10.2. The van der Waals surface area contributed by atoms with E-state index in [4.69, 9.17) is 21.4 Å². The maximum Gasteiger partial charge on any atom is 0.323 e. The van der Waals surface area contributed by atoms with Crippen LogP contribution in [0.3, 0.4) is 0 Å². The Bertz CT molecular complexity index is 491. The highest BCUT2D eigenvalue weighted by Crippen LogP contribution is 2.30. The Kier molecular flexibility index (Phi) is 5.34. The van der Waals surface area contributed by atoms with Gasteiger partial charge in [-0.1, -0.05) is 17.5 Å². The first-order valence-corrected chi connectivity index (χ1v) is 5.67. The standard InChI is InChI=1S/C13H14ClNO3/c1-3-4-7-18-12-6-5-10(14)8-11(12)15(2)9-13(16)17/h5-6,8H,7,9H2,1-2H3,(H,16,17). The van der Waals surface area contributed by atoms with E-state index in [0.717, 1.165) is 0 Å². The van der Waals surface area contributed by atoms with Crippen molar-refractivity contribution in [3.05, 3.63) is 23.2 Å². The molecular weight excluding hydrogens is 254 g/mol. The molecule has 4 nitrogen and oxygen atoms in total. The van der Waals surface area contributed by atoms with Crippen LogP contribution in [0.5, 0.6) is 5.75 Å². The fraction of sp³-hybridized carbons (Fsp3) is 0.308. The number of hydrogen-bond donors (Lipinski definition) is 1. The summed E-state index contributed by atoms with van der Waals surface area (Å²) in [5.41, 5.74) is 0.628. The number of aliphatic carboxylic acids is 1. The summed E-state index contributed by atoms with van der Waals surface area (Å²) in [6, 6.07) is 5.06. The van der Waals surface area contributed by atoms with Crippen LogP contribution >= 0.6 is 11.6 Å². The van der Waals surface area contributed by atoms with Gasteiger partial charge in [0.2, 0.25) is 0 Å². The van der Waals surface area contributed by atoms with Gasteiger partial charge in [-0.2, -0.15) is 0 Å². The van der Waals surface area contributed by atoms with Crippen LogP contribution in [0.15, 0.2) is 18.2 Å². The number of carboxylic acid groups (broad SMARTS) is 1. The number of likely N-dealkylation sites (N-methyl/N-ethyl adjacent to an activating group) is 1. The lowest BCUT2D eigenvalue weighted by molar-refractivity contribution is -0.135. The van der Waals surface area contributed by atoms with Crippen LogP contribution in [0, 0.1) is 11.8 Å². The number of anilines is 1.